The number of sulfone groups is 1. The summed E-state index contributed by atoms with van der Waals surface area (Å²) in [5.41, 5.74) is 0.274. The maximum Gasteiger partial charge on any atom is 0.239 e. The summed E-state index contributed by atoms with van der Waals surface area (Å²) in [5, 5.41) is -0.529. The van der Waals surface area contributed by atoms with Crippen molar-refractivity contribution < 1.29 is 26.8 Å². The van der Waals surface area contributed by atoms with Crippen molar-refractivity contribution in [2.45, 2.75) is 9.99 Å². The van der Waals surface area contributed by atoms with Crippen molar-refractivity contribution in [2.24, 2.45) is 0 Å². The second kappa shape index (κ2) is 5.22. The largest absolute Gasteiger partial charge is 0.440 e. The van der Waals surface area contributed by atoms with Crippen LogP contribution in [0.3, 0.4) is 0 Å². The van der Waals surface area contributed by atoms with E-state index in [4.69, 9.17) is 4.42 Å². The molecular weight excluding hydrogens is 347 g/mol. The van der Waals surface area contributed by atoms with Crippen LogP contribution in [0, 0.1) is 5.82 Å². The van der Waals surface area contributed by atoms with Crippen LogP contribution in [0.4, 0.5) is 4.39 Å². The molecule has 0 unspecified atom stereocenters. The minimum Gasteiger partial charge on any atom is -0.440 e. The highest BCUT2D eigenvalue weighted by Crippen LogP contribution is 2.33. The van der Waals surface area contributed by atoms with Gasteiger partial charge in [-0.2, -0.15) is 0 Å². The highest BCUT2D eigenvalue weighted by molar-refractivity contribution is 7.91. The normalized spacial score (nSPS) is 13.5. The van der Waals surface area contributed by atoms with E-state index in [0.29, 0.717) is 0 Å². The van der Waals surface area contributed by atoms with Gasteiger partial charge >= 0.3 is 0 Å². The fourth-order valence-corrected chi connectivity index (χ4v) is 3.91. The molecule has 1 aliphatic carbocycles. The summed E-state index contributed by atoms with van der Waals surface area (Å²) in [5.74, 6) is -1.91. The smallest absolute Gasteiger partial charge is 0.239 e. The first-order valence-electron chi connectivity index (χ1n) is 7.22. The number of fused-ring (bicyclic) bond motifs is 2. The molecular formula is C18H9FO5S. The summed E-state index contributed by atoms with van der Waals surface area (Å²) in [6, 6.07) is 11.4. The average Bonchev–Trinajstić information content (AvgIpc) is 3.07. The van der Waals surface area contributed by atoms with Crippen molar-refractivity contribution in [3.63, 3.8) is 0 Å². The summed E-state index contributed by atoms with van der Waals surface area (Å²) in [6.45, 7) is 0. The molecule has 0 spiro atoms. The number of benzene rings is 2. The zero-order valence-corrected chi connectivity index (χ0v) is 13.3. The fraction of sp³-hybridized carbons (Fsp3) is 0. The van der Waals surface area contributed by atoms with Crippen molar-refractivity contribution in [3.05, 3.63) is 82.9 Å². The lowest BCUT2D eigenvalue weighted by Crippen LogP contribution is -2.18. The predicted octanol–water partition coefficient (Wildman–Crippen LogP) is 3.03. The Morgan fingerprint density at radius 3 is 2.04 bits per heavy atom. The van der Waals surface area contributed by atoms with Crippen LogP contribution in [0.15, 0.2) is 69.0 Å². The van der Waals surface area contributed by atoms with Gasteiger partial charge in [-0.25, -0.2) is 12.8 Å². The van der Waals surface area contributed by atoms with E-state index in [9.17, 15) is 22.4 Å². The maximum absolute atomic E-state index is 13.0. The lowest BCUT2D eigenvalue weighted by molar-refractivity contribution is 0.0957. The van der Waals surface area contributed by atoms with E-state index in [0.717, 1.165) is 30.3 Å². The monoisotopic (exact) mass is 356 g/mol. The molecule has 0 bridgehead atoms. The van der Waals surface area contributed by atoms with E-state index in [1.165, 1.54) is 12.1 Å². The summed E-state index contributed by atoms with van der Waals surface area (Å²) in [7, 11) is -4.12. The molecule has 0 aliphatic heterocycles. The lowest BCUT2D eigenvalue weighted by Gasteiger charge is -2.11. The van der Waals surface area contributed by atoms with E-state index in [-0.39, 0.29) is 27.3 Å². The van der Waals surface area contributed by atoms with Gasteiger partial charge in [-0.3, -0.25) is 9.59 Å². The van der Waals surface area contributed by atoms with Crippen molar-refractivity contribution in [3.8, 4) is 0 Å². The van der Waals surface area contributed by atoms with Crippen molar-refractivity contribution in [2.75, 3.05) is 0 Å². The Labute approximate surface area is 141 Å². The number of halogens is 1. The molecule has 0 atom stereocenters. The zero-order valence-electron chi connectivity index (χ0n) is 12.5. The number of rotatable bonds is 2. The van der Waals surface area contributed by atoms with Crippen LogP contribution >= 0.6 is 0 Å². The molecule has 5 nitrogen and oxygen atoms in total. The van der Waals surface area contributed by atoms with Gasteiger partial charge in [-0.05, 0) is 24.3 Å². The zero-order chi connectivity index (χ0) is 17.8. The highest BCUT2D eigenvalue weighted by Gasteiger charge is 2.36. The second-order valence-corrected chi connectivity index (χ2v) is 7.35. The van der Waals surface area contributed by atoms with Gasteiger partial charge in [-0.15, -0.1) is 0 Å². The minimum atomic E-state index is -4.12. The molecule has 0 amide bonds. The van der Waals surface area contributed by atoms with Crippen LogP contribution in [0.5, 0.6) is 0 Å². The molecule has 0 saturated heterocycles. The van der Waals surface area contributed by atoms with Gasteiger partial charge in [0.1, 0.15) is 5.82 Å². The summed E-state index contributed by atoms with van der Waals surface area (Å²) in [4.78, 5) is 24.8. The van der Waals surface area contributed by atoms with Crippen LogP contribution in [0.25, 0.3) is 0 Å². The highest BCUT2D eigenvalue weighted by atomic mass is 32.2. The second-order valence-electron chi connectivity index (χ2n) is 5.47. The average molecular weight is 356 g/mol. The van der Waals surface area contributed by atoms with E-state index >= 15 is 0 Å². The topological polar surface area (TPSA) is 81.4 Å². The van der Waals surface area contributed by atoms with E-state index in [2.05, 4.69) is 0 Å². The standard InChI is InChI=1S/C18H9FO5S/c19-10-5-7-11(8-6-10)25(22,23)15-9-14-16(20)12-3-1-2-4-13(12)17(21)18(14)24-15/h1-9H. The first kappa shape index (κ1) is 15.5. The molecule has 4 rings (SSSR count). The van der Waals surface area contributed by atoms with Gasteiger partial charge in [0.05, 0.1) is 10.5 Å². The Kier molecular flexibility index (Phi) is 3.23. The molecule has 2 aromatic carbocycles. The third-order valence-electron chi connectivity index (χ3n) is 3.97. The van der Waals surface area contributed by atoms with Crippen LogP contribution in [0.1, 0.15) is 32.0 Å². The molecule has 3 aromatic rings. The van der Waals surface area contributed by atoms with Gasteiger partial charge in [0.15, 0.2) is 11.5 Å². The Balaban J connectivity index is 1.87. The number of hydrogen-bond donors (Lipinski definition) is 0. The third-order valence-corrected chi connectivity index (χ3v) is 5.59. The van der Waals surface area contributed by atoms with Crippen molar-refractivity contribution >= 4 is 21.4 Å². The summed E-state index contributed by atoms with van der Waals surface area (Å²) in [6.07, 6.45) is 0. The lowest BCUT2D eigenvalue weighted by atomic mass is 9.89. The molecule has 0 radical (unpaired) electrons. The molecule has 1 aliphatic rings. The third kappa shape index (κ3) is 2.24. The van der Waals surface area contributed by atoms with Gasteiger partial charge in [-0.1, -0.05) is 24.3 Å². The quantitative estimate of drug-likeness (QED) is 0.516. The van der Waals surface area contributed by atoms with Gasteiger partial charge in [0.25, 0.3) is 0 Å². The summed E-state index contributed by atoms with van der Waals surface area (Å²) < 4.78 is 43.5. The van der Waals surface area contributed by atoms with Gasteiger partial charge in [0.2, 0.25) is 20.7 Å². The van der Waals surface area contributed by atoms with Crippen molar-refractivity contribution in [1.29, 1.82) is 0 Å². The first-order chi connectivity index (χ1) is 11.9. The van der Waals surface area contributed by atoms with Crippen LogP contribution in [-0.2, 0) is 9.84 Å². The van der Waals surface area contributed by atoms with Crippen LogP contribution in [-0.4, -0.2) is 20.0 Å². The molecule has 7 heteroatoms. The minimum absolute atomic E-state index is 0.0932. The number of carbonyl (C=O) groups is 2. The number of hydrogen-bond acceptors (Lipinski definition) is 5. The molecule has 1 aromatic heterocycles. The summed E-state index contributed by atoms with van der Waals surface area (Å²) >= 11 is 0. The Morgan fingerprint density at radius 2 is 1.40 bits per heavy atom. The van der Waals surface area contributed by atoms with Gasteiger partial charge in [0, 0.05) is 17.2 Å². The van der Waals surface area contributed by atoms with Crippen LogP contribution in [0.2, 0.25) is 0 Å². The Hall–Kier alpha value is -3.06. The fourth-order valence-electron chi connectivity index (χ4n) is 2.71. The Bertz CT molecular complexity index is 1090. The number of furan rings is 1. The van der Waals surface area contributed by atoms with E-state index < -0.39 is 32.3 Å². The van der Waals surface area contributed by atoms with Crippen molar-refractivity contribution in [1.82, 2.24) is 0 Å². The van der Waals surface area contributed by atoms with Gasteiger partial charge < -0.3 is 4.42 Å². The molecule has 124 valence electrons. The number of ketones is 2. The molecule has 0 N–H and O–H groups in total. The van der Waals surface area contributed by atoms with E-state index in [1.807, 2.05) is 0 Å². The first-order valence-corrected chi connectivity index (χ1v) is 8.71. The number of carbonyl (C=O) groups excluding carboxylic acids is 2. The van der Waals surface area contributed by atoms with Crippen LogP contribution < -0.4 is 0 Å². The maximum atomic E-state index is 13.0. The molecule has 0 saturated carbocycles. The molecule has 1 heterocycles. The van der Waals surface area contributed by atoms with E-state index in [1.54, 1.807) is 12.1 Å². The predicted molar refractivity (Wildman–Crippen MR) is 83.9 cm³/mol. The SMILES string of the molecule is O=C1c2ccccc2C(=O)c2oc(S(=O)(=O)c3ccc(F)cc3)cc21. The Morgan fingerprint density at radius 1 is 0.800 bits per heavy atom. The molecule has 0 fully saturated rings. The molecule has 25 heavy (non-hydrogen) atoms.